The number of thiophene rings is 1. The van der Waals surface area contributed by atoms with Gasteiger partial charge in [-0.15, -0.1) is 11.3 Å². The predicted molar refractivity (Wildman–Crippen MR) is 87.8 cm³/mol. The number of nitrogens with zero attached hydrogens (tertiary/aromatic N) is 3. The number of anilines is 1. The van der Waals surface area contributed by atoms with Crippen molar-refractivity contribution in [2.45, 2.75) is 12.5 Å². The molecule has 0 spiro atoms. The summed E-state index contributed by atoms with van der Waals surface area (Å²) in [5, 5.41) is 1.93. The summed E-state index contributed by atoms with van der Waals surface area (Å²) in [6, 6.07) is 7.56. The van der Waals surface area contributed by atoms with Gasteiger partial charge in [0.15, 0.2) is 11.6 Å². The van der Waals surface area contributed by atoms with Gasteiger partial charge in [-0.2, -0.15) is 0 Å². The minimum absolute atomic E-state index is 0.0202. The van der Waals surface area contributed by atoms with E-state index in [1.807, 2.05) is 53.5 Å². The van der Waals surface area contributed by atoms with E-state index in [0.29, 0.717) is 6.54 Å². The minimum atomic E-state index is 0.0202. The Morgan fingerprint density at radius 3 is 3.00 bits per heavy atom. The summed E-state index contributed by atoms with van der Waals surface area (Å²) < 4.78 is 6.07. The molecule has 0 aliphatic carbocycles. The van der Waals surface area contributed by atoms with Crippen molar-refractivity contribution in [1.82, 2.24) is 9.88 Å². The van der Waals surface area contributed by atoms with E-state index < -0.39 is 0 Å². The van der Waals surface area contributed by atoms with Crippen molar-refractivity contribution in [3.63, 3.8) is 0 Å². The second-order valence-corrected chi connectivity index (χ2v) is 6.42. The maximum absolute atomic E-state index is 12.3. The highest BCUT2D eigenvalue weighted by Crippen LogP contribution is 2.27. The van der Waals surface area contributed by atoms with Gasteiger partial charge in [0.1, 0.15) is 6.10 Å². The monoisotopic (exact) mass is 317 g/mol. The van der Waals surface area contributed by atoms with Gasteiger partial charge in [0.25, 0.3) is 5.91 Å². The van der Waals surface area contributed by atoms with Gasteiger partial charge in [0.2, 0.25) is 0 Å². The van der Waals surface area contributed by atoms with Crippen LogP contribution in [0, 0.1) is 0 Å². The topological polar surface area (TPSA) is 45.7 Å². The van der Waals surface area contributed by atoms with Crippen LogP contribution in [0.3, 0.4) is 0 Å². The summed E-state index contributed by atoms with van der Waals surface area (Å²) >= 11 is 1.48. The molecule has 0 N–H and O–H groups in total. The number of hydrogen-bond acceptors (Lipinski definition) is 5. The standard InChI is InChI=1S/C16H19N3O2S/c1-18(2)15-13(5-3-8-17-15)21-12-7-9-19(11-12)16(20)14-6-4-10-22-14/h3-6,8,10,12H,7,9,11H2,1-2H3/t12-/m0/s1. The van der Waals surface area contributed by atoms with Gasteiger partial charge < -0.3 is 14.5 Å². The van der Waals surface area contributed by atoms with Crippen molar-refractivity contribution in [3.05, 3.63) is 40.7 Å². The van der Waals surface area contributed by atoms with E-state index >= 15 is 0 Å². The molecule has 116 valence electrons. The van der Waals surface area contributed by atoms with E-state index in [9.17, 15) is 4.79 Å². The van der Waals surface area contributed by atoms with E-state index in [4.69, 9.17) is 4.74 Å². The van der Waals surface area contributed by atoms with Crippen LogP contribution in [0.4, 0.5) is 5.82 Å². The zero-order valence-corrected chi connectivity index (χ0v) is 13.5. The average Bonchev–Trinajstić information content (AvgIpc) is 3.18. The van der Waals surface area contributed by atoms with Gasteiger partial charge in [-0.1, -0.05) is 6.07 Å². The Balaban J connectivity index is 1.65. The number of rotatable bonds is 4. The molecule has 1 atom stereocenters. The number of carbonyl (C=O) groups excluding carboxylic acids is 1. The van der Waals surface area contributed by atoms with Crippen LogP contribution in [-0.2, 0) is 0 Å². The highest BCUT2D eigenvalue weighted by molar-refractivity contribution is 7.12. The fourth-order valence-electron chi connectivity index (χ4n) is 2.55. The highest BCUT2D eigenvalue weighted by atomic mass is 32.1. The first-order valence-corrected chi connectivity index (χ1v) is 8.15. The maximum atomic E-state index is 12.3. The zero-order chi connectivity index (χ0) is 15.5. The van der Waals surface area contributed by atoms with Crippen molar-refractivity contribution in [2.75, 3.05) is 32.1 Å². The predicted octanol–water partition coefficient (Wildman–Crippen LogP) is 2.50. The van der Waals surface area contributed by atoms with Crippen molar-refractivity contribution >= 4 is 23.1 Å². The van der Waals surface area contributed by atoms with Crippen molar-refractivity contribution < 1.29 is 9.53 Å². The summed E-state index contributed by atoms with van der Waals surface area (Å²) in [4.78, 5) is 21.3. The molecule has 5 nitrogen and oxygen atoms in total. The average molecular weight is 317 g/mol. The van der Waals surface area contributed by atoms with Crippen LogP contribution >= 0.6 is 11.3 Å². The Hall–Kier alpha value is -2.08. The number of pyridine rings is 1. The molecule has 1 aliphatic heterocycles. The van der Waals surface area contributed by atoms with Crippen LogP contribution in [0.25, 0.3) is 0 Å². The first-order valence-electron chi connectivity index (χ1n) is 7.27. The van der Waals surface area contributed by atoms with Crippen LogP contribution in [0.1, 0.15) is 16.1 Å². The van der Waals surface area contributed by atoms with Crippen LogP contribution in [0.15, 0.2) is 35.8 Å². The maximum Gasteiger partial charge on any atom is 0.264 e. The Morgan fingerprint density at radius 1 is 1.41 bits per heavy atom. The van der Waals surface area contributed by atoms with Crippen LogP contribution in [0.5, 0.6) is 5.75 Å². The first kappa shape index (κ1) is 14.8. The number of ether oxygens (including phenoxy) is 1. The number of aromatic nitrogens is 1. The molecule has 0 saturated carbocycles. The van der Waals surface area contributed by atoms with Gasteiger partial charge in [0.05, 0.1) is 11.4 Å². The first-order chi connectivity index (χ1) is 10.6. The molecule has 0 aromatic carbocycles. The zero-order valence-electron chi connectivity index (χ0n) is 12.7. The van der Waals surface area contributed by atoms with Crippen LogP contribution < -0.4 is 9.64 Å². The van der Waals surface area contributed by atoms with E-state index in [2.05, 4.69) is 4.98 Å². The molecule has 1 fully saturated rings. The minimum Gasteiger partial charge on any atom is -0.485 e. The van der Waals surface area contributed by atoms with Crippen molar-refractivity contribution in [3.8, 4) is 5.75 Å². The van der Waals surface area contributed by atoms with Crippen molar-refractivity contribution in [2.24, 2.45) is 0 Å². The van der Waals surface area contributed by atoms with Gasteiger partial charge >= 0.3 is 0 Å². The van der Waals surface area contributed by atoms with Gasteiger partial charge in [-0.3, -0.25) is 4.79 Å². The Bertz CT molecular complexity index is 643. The SMILES string of the molecule is CN(C)c1ncccc1O[C@H]1CCN(C(=O)c2cccs2)C1. The Morgan fingerprint density at radius 2 is 2.27 bits per heavy atom. The second-order valence-electron chi connectivity index (χ2n) is 5.48. The summed E-state index contributed by atoms with van der Waals surface area (Å²) in [5.74, 6) is 1.67. The molecule has 1 aliphatic rings. The largest absolute Gasteiger partial charge is 0.485 e. The van der Waals surface area contributed by atoms with E-state index in [-0.39, 0.29) is 12.0 Å². The molecule has 3 rings (SSSR count). The summed E-state index contributed by atoms with van der Waals surface area (Å²) in [6.45, 7) is 1.36. The van der Waals surface area contributed by atoms with Gasteiger partial charge in [-0.05, 0) is 23.6 Å². The molecule has 6 heteroatoms. The van der Waals surface area contributed by atoms with E-state index in [1.165, 1.54) is 11.3 Å². The fourth-order valence-corrected chi connectivity index (χ4v) is 3.25. The molecule has 0 bridgehead atoms. The molecular formula is C16H19N3O2S. The van der Waals surface area contributed by atoms with Gasteiger partial charge in [0, 0.05) is 33.3 Å². The van der Waals surface area contributed by atoms with E-state index in [0.717, 1.165) is 29.4 Å². The lowest BCUT2D eigenvalue weighted by Gasteiger charge is -2.20. The second kappa shape index (κ2) is 6.36. The number of likely N-dealkylation sites (tertiary alicyclic amines) is 1. The summed E-state index contributed by atoms with van der Waals surface area (Å²) in [5.41, 5.74) is 0. The third-order valence-corrected chi connectivity index (χ3v) is 4.49. The fraction of sp³-hybridized carbons (Fsp3) is 0.375. The molecule has 1 saturated heterocycles. The lowest BCUT2D eigenvalue weighted by molar-refractivity contribution is 0.0777. The molecular weight excluding hydrogens is 298 g/mol. The molecule has 3 heterocycles. The molecule has 22 heavy (non-hydrogen) atoms. The smallest absolute Gasteiger partial charge is 0.264 e. The van der Waals surface area contributed by atoms with Crippen molar-refractivity contribution in [1.29, 1.82) is 0 Å². The molecule has 0 radical (unpaired) electrons. The number of amides is 1. The number of hydrogen-bond donors (Lipinski definition) is 0. The molecule has 1 amide bonds. The quantitative estimate of drug-likeness (QED) is 0.869. The van der Waals surface area contributed by atoms with E-state index in [1.54, 1.807) is 6.20 Å². The molecule has 0 unspecified atom stereocenters. The normalized spacial score (nSPS) is 17.5. The van der Waals surface area contributed by atoms with Gasteiger partial charge in [-0.25, -0.2) is 4.98 Å². The van der Waals surface area contributed by atoms with Crippen LogP contribution in [-0.4, -0.2) is 49.1 Å². The Kier molecular flexibility index (Phi) is 4.29. The number of carbonyl (C=O) groups is 1. The summed E-state index contributed by atoms with van der Waals surface area (Å²) in [7, 11) is 3.88. The summed E-state index contributed by atoms with van der Waals surface area (Å²) in [6.07, 6.45) is 2.62. The Labute approximate surface area is 134 Å². The highest BCUT2D eigenvalue weighted by Gasteiger charge is 2.29. The lowest BCUT2D eigenvalue weighted by Crippen LogP contribution is -2.30. The molecule has 2 aromatic heterocycles. The third kappa shape index (κ3) is 3.06. The molecule has 2 aromatic rings. The lowest BCUT2D eigenvalue weighted by atomic mass is 10.3. The van der Waals surface area contributed by atoms with Crippen LogP contribution in [0.2, 0.25) is 0 Å². The third-order valence-electron chi connectivity index (χ3n) is 3.63.